The van der Waals surface area contributed by atoms with Crippen molar-refractivity contribution in [2.45, 2.75) is 32.4 Å². The number of likely N-dealkylation sites (N-methyl/N-ethyl adjacent to an activating group) is 1. The first-order valence-corrected chi connectivity index (χ1v) is 6.84. The molecule has 0 aliphatic heterocycles. The van der Waals surface area contributed by atoms with Crippen LogP contribution in [0.4, 0.5) is 0 Å². The lowest BCUT2D eigenvalue weighted by atomic mass is 10.2. The van der Waals surface area contributed by atoms with Crippen molar-refractivity contribution in [3.8, 4) is 0 Å². The van der Waals surface area contributed by atoms with Gasteiger partial charge in [0.15, 0.2) is 0 Å². The molecule has 0 heterocycles. The minimum atomic E-state index is 0.0883. The van der Waals surface area contributed by atoms with E-state index in [9.17, 15) is 4.79 Å². The molecule has 4 nitrogen and oxygen atoms in total. The highest BCUT2D eigenvalue weighted by molar-refractivity contribution is 5.75. The lowest BCUT2D eigenvalue weighted by molar-refractivity contribution is -0.121. The van der Waals surface area contributed by atoms with E-state index >= 15 is 0 Å². The molecule has 0 saturated carbocycles. The van der Waals surface area contributed by atoms with Gasteiger partial charge in [0, 0.05) is 25.6 Å². The Morgan fingerprint density at radius 2 is 2.05 bits per heavy atom. The summed E-state index contributed by atoms with van der Waals surface area (Å²) in [5, 5.41) is 2.95. The Labute approximate surface area is 116 Å². The number of hydrogen-bond acceptors (Lipinski definition) is 3. The van der Waals surface area contributed by atoms with Gasteiger partial charge < -0.3 is 11.1 Å². The van der Waals surface area contributed by atoms with E-state index in [0.717, 1.165) is 13.0 Å². The predicted octanol–water partition coefficient (Wildman–Crippen LogP) is 1.36. The number of nitrogens with two attached hydrogens (primary N) is 1. The number of rotatable bonds is 8. The number of benzene rings is 1. The zero-order chi connectivity index (χ0) is 14.1. The van der Waals surface area contributed by atoms with Crippen molar-refractivity contribution in [1.82, 2.24) is 10.2 Å². The van der Waals surface area contributed by atoms with Crippen molar-refractivity contribution in [1.29, 1.82) is 0 Å². The molecule has 3 N–H and O–H groups in total. The summed E-state index contributed by atoms with van der Waals surface area (Å²) in [5.74, 6) is 0.0883. The molecule has 1 aromatic carbocycles. The summed E-state index contributed by atoms with van der Waals surface area (Å²) in [6.07, 6.45) is 1.27. The first-order chi connectivity index (χ1) is 9.13. The van der Waals surface area contributed by atoms with Gasteiger partial charge in [-0.05, 0) is 32.5 Å². The number of carbonyl (C=O) groups is 1. The molecule has 0 aliphatic carbocycles. The Hall–Kier alpha value is -1.39. The highest BCUT2D eigenvalue weighted by Gasteiger charge is 2.10. The molecule has 1 unspecified atom stereocenters. The third-order valence-electron chi connectivity index (χ3n) is 3.23. The second-order valence-corrected chi connectivity index (χ2v) is 4.95. The number of nitrogens with zero attached hydrogens (tertiary/aromatic N) is 1. The van der Waals surface area contributed by atoms with Gasteiger partial charge in [-0.15, -0.1) is 0 Å². The molecule has 0 aliphatic rings. The number of amides is 1. The summed E-state index contributed by atoms with van der Waals surface area (Å²) >= 11 is 0. The Morgan fingerprint density at radius 3 is 2.68 bits per heavy atom. The number of carbonyl (C=O) groups excluding carboxylic acids is 1. The molecule has 0 aromatic heterocycles. The van der Waals surface area contributed by atoms with Crippen LogP contribution in [0.25, 0.3) is 0 Å². The first kappa shape index (κ1) is 15.7. The monoisotopic (exact) mass is 263 g/mol. The molecule has 0 fully saturated rings. The molecule has 0 saturated heterocycles. The number of nitrogens with one attached hydrogen (secondary N) is 1. The Kier molecular flexibility index (Phi) is 7.15. The second-order valence-electron chi connectivity index (χ2n) is 4.95. The zero-order valence-electron chi connectivity index (χ0n) is 11.9. The SMILES string of the molecule is CC(CNC(=O)CCCN)N(C)Cc1ccccc1. The Bertz CT molecular complexity index is 367. The molecular formula is C15H25N3O. The normalized spacial score (nSPS) is 12.4. The Balaban J connectivity index is 2.28. The lowest BCUT2D eigenvalue weighted by Crippen LogP contribution is -2.39. The van der Waals surface area contributed by atoms with E-state index in [2.05, 4.69) is 36.3 Å². The maximum Gasteiger partial charge on any atom is 0.220 e. The van der Waals surface area contributed by atoms with Crippen molar-refractivity contribution < 1.29 is 4.79 Å². The van der Waals surface area contributed by atoms with Gasteiger partial charge in [0.05, 0.1) is 0 Å². The van der Waals surface area contributed by atoms with Crippen LogP contribution in [0, 0.1) is 0 Å². The molecule has 0 bridgehead atoms. The smallest absolute Gasteiger partial charge is 0.220 e. The summed E-state index contributed by atoms with van der Waals surface area (Å²) in [6, 6.07) is 10.6. The standard InChI is InChI=1S/C15H25N3O/c1-13(11-17-15(19)9-6-10-16)18(2)12-14-7-4-3-5-8-14/h3-5,7-8,13H,6,9-12,16H2,1-2H3,(H,17,19). The van der Waals surface area contributed by atoms with Crippen molar-refractivity contribution in [2.24, 2.45) is 5.73 Å². The molecule has 4 heteroatoms. The van der Waals surface area contributed by atoms with E-state index in [1.54, 1.807) is 0 Å². The first-order valence-electron chi connectivity index (χ1n) is 6.84. The van der Waals surface area contributed by atoms with E-state index in [4.69, 9.17) is 5.73 Å². The summed E-state index contributed by atoms with van der Waals surface area (Å²) in [7, 11) is 2.07. The van der Waals surface area contributed by atoms with Crippen LogP contribution in [0.2, 0.25) is 0 Å². The molecule has 0 radical (unpaired) electrons. The van der Waals surface area contributed by atoms with Crippen LogP contribution in [-0.4, -0.2) is 37.0 Å². The van der Waals surface area contributed by atoms with Crippen LogP contribution in [0.3, 0.4) is 0 Å². The predicted molar refractivity (Wildman–Crippen MR) is 78.7 cm³/mol. The summed E-state index contributed by atoms with van der Waals surface area (Å²) < 4.78 is 0. The van der Waals surface area contributed by atoms with Crippen LogP contribution in [0.15, 0.2) is 30.3 Å². The lowest BCUT2D eigenvalue weighted by Gasteiger charge is -2.25. The molecule has 0 spiro atoms. The van der Waals surface area contributed by atoms with Gasteiger partial charge in [0.1, 0.15) is 0 Å². The second kappa shape index (κ2) is 8.67. The van der Waals surface area contributed by atoms with Gasteiger partial charge in [0.25, 0.3) is 0 Å². The van der Waals surface area contributed by atoms with Crippen molar-refractivity contribution in [3.63, 3.8) is 0 Å². The van der Waals surface area contributed by atoms with Gasteiger partial charge in [-0.2, -0.15) is 0 Å². The van der Waals surface area contributed by atoms with E-state index in [-0.39, 0.29) is 5.91 Å². The Morgan fingerprint density at radius 1 is 1.37 bits per heavy atom. The molecule has 1 amide bonds. The van der Waals surface area contributed by atoms with E-state index in [0.29, 0.717) is 25.6 Å². The van der Waals surface area contributed by atoms with Gasteiger partial charge in [0.2, 0.25) is 5.91 Å². The fourth-order valence-corrected chi connectivity index (χ4v) is 1.80. The van der Waals surface area contributed by atoms with Crippen LogP contribution < -0.4 is 11.1 Å². The molecule has 1 atom stereocenters. The molecule has 1 rings (SSSR count). The fourth-order valence-electron chi connectivity index (χ4n) is 1.80. The van der Waals surface area contributed by atoms with Gasteiger partial charge >= 0.3 is 0 Å². The topological polar surface area (TPSA) is 58.4 Å². The molecular weight excluding hydrogens is 238 g/mol. The van der Waals surface area contributed by atoms with Crippen molar-refractivity contribution >= 4 is 5.91 Å². The van der Waals surface area contributed by atoms with Gasteiger partial charge in [-0.1, -0.05) is 30.3 Å². The number of hydrogen-bond donors (Lipinski definition) is 2. The minimum Gasteiger partial charge on any atom is -0.355 e. The van der Waals surface area contributed by atoms with Gasteiger partial charge in [-0.25, -0.2) is 0 Å². The van der Waals surface area contributed by atoms with Crippen LogP contribution in [0.1, 0.15) is 25.3 Å². The highest BCUT2D eigenvalue weighted by Crippen LogP contribution is 2.05. The highest BCUT2D eigenvalue weighted by atomic mass is 16.1. The molecule has 1 aromatic rings. The quantitative estimate of drug-likeness (QED) is 0.744. The average Bonchev–Trinajstić information content (AvgIpc) is 2.43. The van der Waals surface area contributed by atoms with Crippen molar-refractivity contribution in [3.05, 3.63) is 35.9 Å². The van der Waals surface area contributed by atoms with Crippen LogP contribution >= 0.6 is 0 Å². The third-order valence-corrected chi connectivity index (χ3v) is 3.23. The maximum atomic E-state index is 11.5. The minimum absolute atomic E-state index is 0.0883. The van der Waals surface area contributed by atoms with E-state index in [1.165, 1.54) is 5.56 Å². The van der Waals surface area contributed by atoms with E-state index < -0.39 is 0 Å². The van der Waals surface area contributed by atoms with Crippen LogP contribution in [0.5, 0.6) is 0 Å². The van der Waals surface area contributed by atoms with Gasteiger partial charge in [-0.3, -0.25) is 9.69 Å². The fraction of sp³-hybridized carbons (Fsp3) is 0.533. The summed E-state index contributed by atoms with van der Waals surface area (Å²) in [5.41, 5.74) is 6.66. The molecule has 106 valence electrons. The van der Waals surface area contributed by atoms with Crippen LogP contribution in [-0.2, 0) is 11.3 Å². The summed E-state index contributed by atoms with van der Waals surface area (Å²) in [4.78, 5) is 13.7. The third kappa shape index (κ3) is 6.36. The van der Waals surface area contributed by atoms with Crippen molar-refractivity contribution in [2.75, 3.05) is 20.1 Å². The molecule has 19 heavy (non-hydrogen) atoms. The summed E-state index contributed by atoms with van der Waals surface area (Å²) in [6.45, 7) is 4.25. The zero-order valence-corrected chi connectivity index (χ0v) is 11.9. The average molecular weight is 263 g/mol. The van der Waals surface area contributed by atoms with E-state index in [1.807, 2.05) is 18.2 Å². The largest absolute Gasteiger partial charge is 0.355 e. The maximum absolute atomic E-state index is 11.5.